The number of ether oxygens (including phenoxy) is 1. The number of dihydropyridines is 1. The van der Waals surface area contributed by atoms with Gasteiger partial charge in [0.15, 0.2) is 6.17 Å². The lowest BCUT2D eigenvalue weighted by Crippen LogP contribution is -2.35. The van der Waals surface area contributed by atoms with Crippen molar-refractivity contribution in [3.63, 3.8) is 0 Å². The summed E-state index contributed by atoms with van der Waals surface area (Å²) in [7, 11) is 0. The van der Waals surface area contributed by atoms with E-state index in [1.807, 2.05) is 0 Å². The molecule has 0 aromatic rings. The highest BCUT2D eigenvalue weighted by Crippen LogP contribution is 2.30. The van der Waals surface area contributed by atoms with Gasteiger partial charge in [0.1, 0.15) is 5.84 Å². The first kappa shape index (κ1) is 13.3. The number of hydrogen-bond donors (Lipinski definition) is 3. The van der Waals surface area contributed by atoms with E-state index in [2.05, 4.69) is 28.2 Å². The van der Waals surface area contributed by atoms with Crippen molar-refractivity contribution in [3.8, 4) is 0 Å². The number of hydrogen-bond acceptors (Lipinski definition) is 5. The van der Waals surface area contributed by atoms with Gasteiger partial charge < -0.3 is 20.7 Å². The summed E-state index contributed by atoms with van der Waals surface area (Å²) in [6, 6.07) is 0. The summed E-state index contributed by atoms with van der Waals surface area (Å²) < 4.78 is 5.47. The second-order valence-corrected chi connectivity index (χ2v) is 6.43. The van der Waals surface area contributed by atoms with Crippen LogP contribution in [0.5, 0.6) is 0 Å². The third kappa shape index (κ3) is 2.72. The number of nitrogens with zero attached hydrogens (tertiary/aromatic N) is 1. The molecule has 0 aromatic carbocycles. The van der Waals surface area contributed by atoms with E-state index < -0.39 is 0 Å². The predicted octanol–water partition coefficient (Wildman–Crippen LogP) is 1.11. The molecule has 4 aliphatic heterocycles. The number of amidine groups is 1. The Balaban J connectivity index is 1.49. The van der Waals surface area contributed by atoms with E-state index in [-0.39, 0.29) is 6.17 Å². The summed E-state index contributed by atoms with van der Waals surface area (Å²) in [6.45, 7) is 4.04. The standard InChI is InChI=1S/C16H24N4O/c1-5-17-6-2-12(1)13-3-7-18-16-15(13)19-14(20-16)9-11-4-8-21-10-11/h3,7,11-12,16-18H,1-2,4-6,8-10H2,(H,19,20). The molecule has 5 nitrogen and oxygen atoms in total. The molecule has 2 fully saturated rings. The number of allylic oxidation sites excluding steroid dienone is 2. The summed E-state index contributed by atoms with van der Waals surface area (Å²) in [5.74, 6) is 2.43. The summed E-state index contributed by atoms with van der Waals surface area (Å²) in [6.07, 6.45) is 9.05. The van der Waals surface area contributed by atoms with Crippen LogP contribution in [0.3, 0.4) is 0 Å². The molecule has 2 saturated heterocycles. The van der Waals surface area contributed by atoms with E-state index in [4.69, 9.17) is 9.73 Å². The molecular formula is C16H24N4O. The highest BCUT2D eigenvalue weighted by Gasteiger charge is 2.31. The number of rotatable bonds is 3. The highest BCUT2D eigenvalue weighted by atomic mass is 16.5. The van der Waals surface area contributed by atoms with E-state index >= 15 is 0 Å². The average Bonchev–Trinajstić information content (AvgIpc) is 3.17. The molecule has 2 atom stereocenters. The molecule has 0 aromatic heterocycles. The van der Waals surface area contributed by atoms with Gasteiger partial charge in [-0.15, -0.1) is 0 Å². The maximum Gasteiger partial charge on any atom is 0.161 e. The monoisotopic (exact) mass is 288 g/mol. The van der Waals surface area contributed by atoms with Crippen molar-refractivity contribution in [1.29, 1.82) is 0 Å². The van der Waals surface area contributed by atoms with Gasteiger partial charge >= 0.3 is 0 Å². The molecule has 5 heteroatoms. The van der Waals surface area contributed by atoms with E-state index in [1.165, 1.54) is 24.1 Å². The summed E-state index contributed by atoms with van der Waals surface area (Å²) >= 11 is 0. The van der Waals surface area contributed by atoms with E-state index in [1.54, 1.807) is 0 Å². The Morgan fingerprint density at radius 3 is 2.95 bits per heavy atom. The van der Waals surface area contributed by atoms with Gasteiger partial charge in [0.2, 0.25) is 0 Å². The van der Waals surface area contributed by atoms with Gasteiger partial charge in [-0.2, -0.15) is 0 Å². The molecule has 0 spiro atoms. The van der Waals surface area contributed by atoms with Crippen LogP contribution in [0.2, 0.25) is 0 Å². The van der Waals surface area contributed by atoms with Crippen LogP contribution < -0.4 is 16.0 Å². The first-order valence-electron chi connectivity index (χ1n) is 8.19. The van der Waals surface area contributed by atoms with E-state index in [0.717, 1.165) is 45.0 Å². The number of aliphatic imine (C=N–C) groups is 1. The van der Waals surface area contributed by atoms with Gasteiger partial charge in [-0.25, -0.2) is 4.99 Å². The summed E-state index contributed by atoms with van der Waals surface area (Å²) in [5, 5.41) is 10.4. The van der Waals surface area contributed by atoms with Crippen molar-refractivity contribution in [3.05, 3.63) is 23.5 Å². The lowest BCUT2D eigenvalue weighted by atomic mass is 9.87. The van der Waals surface area contributed by atoms with Gasteiger partial charge in [0.05, 0.1) is 5.70 Å². The Bertz CT molecular complexity index is 485. The topological polar surface area (TPSA) is 57.7 Å². The minimum atomic E-state index is 0.109. The lowest BCUT2D eigenvalue weighted by molar-refractivity contribution is 0.187. The van der Waals surface area contributed by atoms with E-state index in [0.29, 0.717) is 11.8 Å². The second-order valence-electron chi connectivity index (χ2n) is 6.43. The maximum absolute atomic E-state index is 5.47. The van der Waals surface area contributed by atoms with Crippen LogP contribution in [-0.4, -0.2) is 38.3 Å². The zero-order valence-corrected chi connectivity index (χ0v) is 12.4. The van der Waals surface area contributed by atoms with Crippen LogP contribution in [0, 0.1) is 11.8 Å². The molecule has 114 valence electrons. The van der Waals surface area contributed by atoms with Crippen LogP contribution in [0.15, 0.2) is 28.5 Å². The molecule has 0 amide bonds. The quantitative estimate of drug-likeness (QED) is 0.728. The Labute approximate surface area is 125 Å². The van der Waals surface area contributed by atoms with E-state index in [9.17, 15) is 0 Å². The fraction of sp³-hybridized carbons (Fsp3) is 0.688. The molecule has 0 bridgehead atoms. The average molecular weight is 288 g/mol. The molecule has 4 heterocycles. The Morgan fingerprint density at radius 2 is 2.14 bits per heavy atom. The fourth-order valence-electron chi connectivity index (χ4n) is 3.76. The third-order valence-electron chi connectivity index (χ3n) is 4.95. The zero-order valence-electron chi connectivity index (χ0n) is 12.4. The molecule has 0 radical (unpaired) electrons. The molecule has 0 aliphatic carbocycles. The minimum Gasteiger partial charge on any atom is -0.381 e. The Kier molecular flexibility index (Phi) is 3.69. The SMILES string of the molecule is C1=CC(C2CCNCC2)=C2NC(CC3CCOC3)=NC2N1. The summed E-state index contributed by atoms with van der Waals surface area (Å²) in [4.78, 5) is 4.83. The first-order valence-corrected chi connectivity index (χ1v) is 8.19. The van der Waals surface area contributed by atoms with Gasteiger partial charge in [0, 0.05) is 19.6 Å². The van der Waals surface area contributed by atoms with Crippen molar-refractivity contribution in [2.45, 2.75) is 31.8 Å². The van der Waals surface area contributed by atoms with Crippen LogP contribution in [0.4, 0.5) is 0 Å². The molecule has 2 unspecified atom stereocenters. The molecule has 3 N–H and O–H groups in total. The number of piperidine rings is 1. The van der Waals surface area contributed by atoms with Crippen LogP contribution in [-0.2, 0) is 4.74 Å². The molecular weight excluding hydrogens is 264 g/mol. The summed E-state index contributed by atoms with van der Waals surface area (Å²) in [5.41, 5.74) is 2.75. The minimum absolute atomic E-state index is 0.109. The van der Waals surface area contributed by atoms with Gasteiger partial charge in [-0.05, 0) is 62.0 Å². The fourth-order valence-corrected chi connectivity index (χ4v) is 3.76. The first-order chi connectivity index (χ1) is 10.4. The second kappa shape index (κ2) is 5.81. The van der Waals surface area contributed by atoms with Crippen molar-refractivity contribution >= 4 is 5.84 Å². The largest absolute Gasteiger partial charge is 0.381 e. The van der Waals surface area contributed by atoms with Crippen LogP contribution >= 0.6 is 0 Å². The van der Waals surface area contributed by atoms with Gasteiger partial charge in [0.25, 0.3) is 0 Å². The van der Waals surface area contributed by atoms with Crippen molar-refractivity contribution < 1.29 is 4.74 Å². The van der Waals surface area contributed by atoms with Gasteiger partial charge in [-0.1, -0.05) is 0 Å². The van der Waals surface area contributed by atoms with Crippen molar-refractivity contribution in [1.82, 2.24) is 16.0 Å². The molecule has 21 heavy (non-hydrogen) atoms. The molecule has 4 rings (SSSR count). The number of fused-ring (bicyclic) bond motifs is 1. The van der Waals surface area contributed by atoms with Crippen molar-refractivity contribution in [2.75, 3.05) is 26.3 Å². The van der Waals surface area contributed by atoms with Gasteiger partial charge in [-0.3, -0.25) is 0 Å². The highest BCUT2D eigenvalue weighted by molar-refractivity contribution is 5.87. The van der Waals surface area contributed by atoms with Crippen molar-refractivity contribution in [2.24, 2.45) is 16.8 Å². The normalized spacial score (nSPS) is 32.7. The Morgan fingerprint density at radius 1 is 1.24 bits per heavy atom. The molecule has 4 aliphatic rings. The smallest absolute Gasteiger partial charge is 0.161 e. The zero-order chi connectivity index (χ0) is 14.1. The number of nitrogens with one attached hydrogen (secondary N) is 3. The lowest BCUT2D eigenvalue weighted by Gasteiger charge is -2.28. The molecule has 0 saturated carbocycles. The maximum atomic E-state index is 5.47. The Hall–Kier alpha value is -1.33. The predicted molar refractivity (Wildman–Crippen MR) is 82.8 cm³/mol. The van der Waals surface area contributed by atoms with Crippen LogP contribution in [0.25, 0.3) is 0 Å². The van der Waals surface area contributed by atoms with Crippen LogP contribution in [0.1, 0.15) is 25.7 Å². The third-order valence-corrected chi connectivity index (χ3v) is 4.95.